The normalized spacial score (nSPS) is 15.7. The van der Waals surface area contributed by atoms with Crippen molar-refractivity contribution < 1.29 is 13.2 Å². The van der Waals surface area contributed by atoms with E-state index in [0.717, 1.165) is 36.5 Å². The van der Waals surface area contributed by atoms with Crippen molar-refractivity contribution in [1.29, 1.82) is 0 Å². The van der Waals surface area contributed by atoms with Crippen molar-refractivity contribution >= 4 is 32.4 Å². The van der Waals surface area contributed by atoms with Crippen molar-refractivity contribution in [2.45, 2.75) is 30.6 Å². The fraction of sp³-hybridized carbons (Fsp3) is 0.261. The Bertz CT molecular complexity index is 1130. The molecule has 0 aromatic heterocycles. The molecular formula is C23H24N2O3S. The molecule has 1 amide bonds. The Kier molecular flexibility index (Phi) is 5.65. The molecule has 1 aliphatic rings. The summed E-state index contributed by atoms with van der Waals surface area (Å²) in [4.78, 5) is 12.9. The zero-order valence-electron chi connectivity index (χ0n) is 16.2. The predicted octanol–water partition coefficient (Wildman–Crippen LogP) is 4.66. The minimum absolute atomic E-state index is 0.218. The van der Waals surface area contributed by atoms with Gasteiger partial charge in [-0.25, -0.2) is 8.42 Å². The molecular weight excluding hydrogens is 384 g/mol. The number of nitrogens with zero attached hydrogens (tertiary/aromatic N) is 1. The Morgan fingerprint density at radius 2 is 1.52 bits per heavy atom. The number of benzene rings is 3. The summed E-state index contributed by atoms with van der Waals surface area (Å²) in [6.45, 7) is 1.10. The van der Waals surface area contributed by atoms with E-state index in [-0.39, 0.29) is 10.8 Å². The number of sulfonamides is 1. The van der Waals surface area contributed by atoms with E-state index in [9.17, 15) is 13.2 Å². The third-order valence-electron chi connectivity index (χ3n) is 5.31. The molecule has 3 aromatic carbocycles. The van der Waals surface area contributed by atoms with Gasteiger partial charge in [0, 0.05) is 24.3 Å². The lowest BCUT2D eigenvalue weighted by Crippen LogP contribution is -2.32. The second-order valence-electron chi connectivity index (χ2n) is 7.36. The first-order chi connectivity index (χ1) is 14.0. The number of hydrogen-bond donors (Lipinski definition) is 1. The van der Waals surface area contributed by atoms with Crippen LogP contribution in [0.3, 0.4) is 0 Å². The molecule has 150 valence electrons. The van der Waals surface area contributed by atoms with Crippen molar-refractivity contribution in [1.82, 2.24) is 4.31 Å². The van der Waals surface area contributed by atoms with Crippen LogP contribution in [0.5, 0.6) is 0 Å². The highest BCUT2D eigenvalue weighted by Crippen LogP contribution is 2.23. The van der Waals surface area contributed by atoms with Gasteiger partial charge in [0.2, 0.25) is 10.0 Å². The monoisotopic (exact) mass is 408 g/mol. The SMILES string of the molecule is O=C(Nc1cccc(S(=O)(=O)N2CCCCCC2)c1)c1ccc2ccccc2c1. The first kappa shape index (κ1) is 19.6. The van der Waals surface area contributed by atoms with Gasteiger partial charge in [0.05, 0.1) is 4.90 Å². The van der Waals surface area contributed by atoms with Crippen molar-refractivity contribution in [3.8, 4) is 0 Å². The average molecular weight is 409 g/mol. The van der Waals surface area contributed by atoms with Crippen molar-refractivity contribution in [3.63, 3.8) is 0 Å². The van der Waals surface area contributed by atoms with E-state index in [0.29, 0.717) is 24.3 Å². The van der Waals surface area contributed by atoms with Gasteiger partial charge in [-0.15, -0.1) is 0 Å². The summed E-state index contributed by atoms with van der Waals surface area (Å²) >= 11 is 0. The minimum Gasteiger partial charge on any atom is -0.322 e. The molecule has 3 aromatic rings. The summed E-state index contributed by atoms with van der Waals surface area (Å²) < 4.78 is 27.6. The zero-order chi connectivity index (χ0) is 20.3. The summed E-state index contributed by atoms with van der Waals surface area (Å²) in [5.74, 6) is -0.264. The van der Waals surface area contributed by atoms with Crippen LogP contribution in [-0.4, -0.2) is 31.7 Å². The van der Waals surface area contributed by atoms with Crippen molar-refractivity contribution in [3.05, 3.63) is 72.3 Å². The van der Waals surface area contributed by atoms with Crippen LogP contribution in [0.4, 0.5) is 5.69 Å². The molecule has 0 spiro atoms. The molecule has 0 bridgehead atoms. The van der Waals surface area contributed by atoms with Gasteiger partial charge < -0.3 is 5.32 Å². The van der Waals surface area contributed by atoms with Crippen LogP contribution in [-0.2, 0) is 10.0 Å². The van der Waals surface area contributed by atoms with Crippen LogP contribution in [0.2, 0.25) is 0 Å². The number of carbonyl (C=O) groups excluding carboxylic acids is 1. The van der Waals surface area contributed by atoms with E-state index in [4.69, 9.17) is 0 Å². The molecule has 1 aliphatic heterocycles. The lowest BCUT2D eigenvalue weighted by molar-refractivity contribution is 0.102. The number of fused-ring (bicyclic) bond motifs is 1. The molecule has 0 atom stereocenters. The highest BCUT2D eigenvalue weighted by molar-refractivity contribution is 7.89. The van der Waals surface area contributed by atoms with E-state index < -0.39 is 10.0 Å². The first-order valence-corrected chi connectivity index (χ1v) is 11.4. The summed E-state index contributed by atoms with van der Waals surface area (Å²) in [5, 5.41) is 4.88. The maximum Gasteiger partial charge on any atom is 0.255 e. The summed E-state index contributed by atoms with van der Waals surface area (Å²) in [6.07, 6.45) is 3.90. The summed E-state index contributed by atoms with van der Waals surface area (Å²) in [7, 11) is -3.56. The Labute approximate surface area is 171 Å². The quantitative estimate of drug-likeness (QED) is 0.683. The molecule has 1 fully saturated rings. The van der Waals surface area contributed by atoms with E-state index in [1.807, 2.05) is 36.4 Å². The smallest absolute Gasteiger partial charge is 0.255 e. The number of rotatable bonds is 4. The fourth-order valence-corrected chi connectivity index (χ4v) is 5.26. The van der Waals surface area contributed by atoms with Crippen LogP contribution < -0.4 is 5.32 Å². The van der Waals surface area contributed by atoms with E-state index in [2.05, 4.69) is 5.32 Å². The second kappa shape index (κ2) is 8.35. The Morgan fingerprint density at radius 1 is 0.793 bits per heavy atom. The van der Waals surface area contributed by atoms with Gasteiger partial charge in [-0.3, -0.25) is 4.79 Å². The highest BCUT2D eigenvalue weighted by atomic mass is 32.2. The zero-order valence-corrected chi connectivity index (χ0v) is 17.0. The average Bonchev–Trinajstić information content (AvgIpc) is 3.04. The molecule has 1 saturated heterocycles. The molecule has 0 saturated carbocycles. The molecule has 6 heteroatoms. The summed E-state index contributed by atoms with van der Waals surface area (Å²) in [6, 6.07) is 19.9. The summed E-state index contributed by atoms with van der Waals surface area (Å²) in [5.41, 5.74) is 1.00. The van der Waals surface area contributed by atoms with Gasteiger partial charge in [-0.2, -0.15) is 4.31 Å². The standard InChI is InChI=1S/C23H24N2O3S/c26-23(20-13-12-18-8-3-4-9-19(18)16-20)24-21-10-7-11-22(17-21)29(27,28)25-14-5-1-2-6-15-25/h3-4,7-13,16-17H,1-2,5-6,14-15H2,(H,24,26). The van der Waals surface area contributed by atoms with Crippen LogP contribution >= 0.6 is 0 Å². The Balaban J connectivity index is 1.55. The van der Waals surface area contributed by atoms with Crippen LogP contribution in [0.25, 0.3) is 10.8 Å². The van der Waals surface area contributed by atoms with Gasteiger partial charge in [0.15, 0.2) is 0 Å². The molecule has 0 unspecified atom stereocenters. The molecule has 4 rings (SSSR count). The topological polar surface area (TPSA) is 66.5 Å². The number of nitrogens with one attached hydrogen (secondary N) is 1. The maximum absolute atomic E-state index is 13.0. The first-order valence-electron chi connectivity index (χ1n) is 9.94. The highest BCUT2D eigenvalue weighted by Gasteiger charge is 2.25. The van der Waals surface area contributed by atoms with Crippen LogP contribution in [0, 0.1) is 0 Å². The molecule has 1 N–H and O–H groups in total. The van der Waals surface area contributed by atoms with Gasteiger partial charge in [0.25, 0.3) is 5.91 Å². The van der Waals surface area contributed by atoms with E-state index in [1.54, 1.807) is 34.6 Å². The van der Waals surface area contributed by atoms with E-state index >= 15 is 0 Å². The number of hydrogen-bond acceptors (Lipinski definition) is 3. The largest absolute Gasteiger partial charge is 0.322 e. The number of carbonyl (C=O) groups is 1. The predicted molar refractivity (Wildman–Crippen MR) is 116 cm³/mol. The molecule has 0 radical (unpaired) electrons. The number of anilines is 1. The van der Waals surface area contributed by atoms with Crippen LogP contribution in [0.1, 0.15) is 36.0 Å². The van der Waals surface area contributed by atoms with Crippen molar-refractivity contribution in [2.75, 3.05) is 18.4 Å². The Morgan fingerprint density at radius 3 is 2.28 bits per heavy atom. The molecule has 0 aliphatic carbocycles. The number of amides is 1. The van der Waals surface area contributed by atoms with Gasteiger partial charge >= 0.3 is 0 Å². The minimum atomic E-state index is -3.56. The lowest BCUT2D eigenvalue weighted by Gasteiger charge is -2.20. The van der Waals surface area contributed by atoms with Crippen molar-refractivity contribution in [2.24, 2.45) is 0 Å². The van der Waals surface area contributed by atoms with Crippen LogP contribution in [0.15, 0.2) is 71.6 Å². The maximum atomic E-state index is 13.0. The second-order valence-corrected chi connectivity index (χ2v) is 9.30. The molecule has 29 heavy (non-hydrogen) atoms. The third kappa shape index (κ3) is 4.33. The lowest BCUT2D eigenvalue weighted by atomic mass is 10.1. The third-order valence-corrected chi connectivity index (χ3v) is 7.20. The van der Waals surface area contributed by atoms with Gasteiger partial charge in [-0.05, 0) is 53.9 Å². The Hall–Kier alpha value is -2.70. The molecule has 5 nitrogen and oxygen atoms in total. The molecule has 1 heterocycles. The fourth-order valence-electron chi connectivity index (χ4n) is 3.70. The van der Waals surface area contributed by atoms with Gasteiger partial charge in [0.1, 0.15) is 0 Å². The van der Waals surface area contributed by atoms with E-state index in [1.165, 1.54) is 0 Å². The van der Waals surface area contributed by atoms with Gasteiger partial charge in [-0.1, -0.05) is 49.2 Å².